The third-order valence-corrected chi connectivity index (χ3v) is 2.93. The number of rotatable bonds is 2. The van der Waals surface area contributed by atoms with Gasteiger partial charge in [-0.15, -0.1) is 0 Å². The average molecular weight is 272 g/mol. The Kier molecular flexibility index (Phi) is 4.06. The standard InChI is InChI=1S/C17H18ClN/c1-17(2,3)12-15(16-6-4-5-11-19-16)13-7-9-14(18)10-8-13/h4-12H,1-3H3. The number of hydrogen-bond donors (Lipinski definition) is 0. The molecular formula is C17H18ClN. The van der Waals surface area contributed by atoms with Crippen LogP contribution in [0.2, 0.25) is 5.02 Å². The second-order valence-corrected chi connectivity index (χ2v) is 6.08. The second kappa shape index (κ2) is 5.58. The van der Waals surface area contributed by atoms with Crippen LogP contribution in [0.5, 0.6) is 0 Å². The first-order chi connectivity index (χ1) is 8.96. The van der Waals surface area contributed by atoms with E-state index in [9.17, 15) is 0 Å². The van der Waals surface area contributed by atoms with Crippen molar-refractivity contribution in [3.05, 3.63) is 71.0 Å². The van der Waals surface area contributed by atoms with E-state index in [2.05, 4.69) is 31.8 Å². The maximum absolute atomic E-state index is 5.96. The Morgan fingerprint density at radius 1 is 1.05 bits per heavy atom. The molecule has 0 aliphatic carbocycles. The largest absolute Gasteiger partial charge is 0.256 e. The first kappa shape index (κ1) is 13.8. The molecule has 0 unspecified atom stereocenters. The van der Waals surface area contributed by atoms with Crippen molar-refractivity contribution in [3.63, 3.8) is 0 Å². The summed E-state index contributed by atoms with van der Waals surface area (Å²) in [6.07, 6.45) is 4.07. The van der Waals surface area contributed by atoms with E-state index in [4.69, 9.17) is 11.6 Å². The predicted octanol–water partition coefficient (Wildman–Crippen LogP) is 5.21. The molecular weight excluding hydrogens is 254 g/mol. The van der Waals surface area contributed by atoms with Crippen LogP contribution in [-0.2, 0) is 0 Å². The minimum Gasteiger partial charge on any atom is -0.256 e. The van der Waals surface area contributed by atoms with Crippen LogP contribution >= 0.6 is 11.6 Å². The van der Waals surface area contributed by atoms with E-state index in [1.165, 1.54) is 0 Å². The molecule has 0 N–H and O–H groups in total. The van der Waals surface area contributed by atoms with E-state index in [0.717, 1.165) is 21.9 Å². The zero-order valence-corrected chi connectivity index (χ0v) is 12.3. The Balaban J connectivity index is 2.53. The van der Waals surface area contributed by atoms with Gasteiger partial charge in [-0.3, -0.25) is 4.98 Å². The topological polar surface area (TPSA) is 12.9 Å². The van der Waals surface area contributed by atoms with Crippen LogP contribution in [-0.4, -0.2) is 4.98 Å². The average Bonchev–Trinajstić information content (AvgIpc) is 2.37. The lowest BCUT2D eigenvalue weighted by Crippen LogP contribution is -2.03. The van der Waals surface area contributed by atoms with E-state index < -0.39 is 0 Å². The number of halogens is 1. The van der Waals surface area contributed by atoms with Gasteiger partial charge >= 0.3 is 0 Å². The molecule has 0 saturated heterocycles. The van der Waals surface area contributed by atoms with Crippen molar-refractivity contribution in [2.24, 2.45) is 5.41 Å². The lowest BCUT2D eigenvalue weighted by atomic mass is 9.89. The lowest BCUT2D eigenvalue weighted by molar-refractivity contribution is 0.545. The highest BCUT2D eigenvalue weighted by Gasteiger charge is 2.12. The third kappa shape index (κ3) is 3.93. The molecule has 0 bridgehead atoms. The molecule has 0 amide bonds. The van der Waals surface area contributed by atoms with Gasteiger partial charge in [0.1, 0.15) is 0 Å². The van der Waals surface area contributed by atoms with Crippen LogP contribution in [0.15, 0.2) is 54.7 Å². The Morgan fingerprint density at radius 2 is 1.74 bits per heavy atom. The third-order valence-electron chi connectivity index (χ3n) is 2.67. The Morgan fingerprint density at radius 3 is 2.26 bits per heavy atom. The van der Waals surface area contributed by atoms with Gasteiger partial charge in [-0.2, -0.15) is 0 Å². The molecule has 2 aromatic rings. The first-order valence-corrected chi connectivity index (χ1v) is 6.74. The molecule has 0 aliphatic heterocycles. The number of nitrogens with zero attached hydrogens (tertiary/aromatic N) is 1. The predicted molar refractivity (Wildman–Crippen MR) is 82.2 cm³/mol. The fourth-order valence-corrected chi connectivity index (χ4v) is 2.02. The molecule has 0 fully saturated rings. The van der Waals surface area contributed by atoms with Crippen molar-refractivity contribution < 1.29 is 0 Å². The summed E-state index contributed by atoms with van der Waals surface area (Å²) in [5, 5.41) is 0.750. The fourth-order valence-electron chi connectivity index (χ4n) is 1.89. The van der Waals surface area contributed by atoms with E-state index in [1.807, 2.05) is 48.7 Å². The molecule has 19 heavy (non-hydrogen) atoms. The zero-order valence-electron chi connectivity index (χ0n) is 11.5. The highest BCUT2D eigenvalue weighted by molar-refractivity contribution is 6.30. The molecule has 1 aromatic carbocycles. The first-order valence-electron chi connectivity index (χ1n) is 6.36. The fraction of sp³-hybridized carbons (Fsp3) is 0.235. The summed E-state index contributed by atoms with van der Waals surface area (Å²) in [5.41, 5.74) is 3.36. The van der Waals surface area contributed by atoms with E-state index in [-0.39, 0.29) is 5.41 Å². The monoisotopic (exact) mass is 271 g/mol. The normalized spacial score (nSPS) is 12.5. The van der Waals surface area contributed by atoms with Crippen LogP contribution < -0.4 is 0 Å². The molecule has 1 heterocycles. The van der Waals surface area contributed by atoms with Gasteiger partial charge < -0.3 is 0 Å². The van der Waals surface area contributed by atoms with Gasteiger partial charge in [-0.1, -0.05) is 56.6 Å². The van der Waals surface area contributed by atoms with Crippen molar-refractivity contribution in [1.29, 1.82) is 0 Å². The number of allylic oxidation sites excluding steroid dienone is 1. The molecule has 0 saturated carbocycles. The van der Waals surface area contributed by atoms with E-state index >= 15 is 0 Å². The van der Waals surface area contributed by atoms with Crippen LogP contribution in [0, 0.1) is 5.41 Å². The van der Waals surface area contributed by atoms with Gasteiger partial charge in [0, 0.05) is 16.8 Å². The van der Waals surface area contributed by atoms with Crippen molar-refractivity contribution >= 4 is 17.2 Å². The van der Waals surface area contributed by atoms with Crippen LogP contribution in [0.25, 0.3) is 5.57 Å². The smallest absolute Gasteiger partial charge is 0.0704 e. The summed E-state index contributed by atoms with van der Waals surface area (Å²) in [5.74, 6) is 0. The maximum atomic E-state index is 5.96. The van der Waals surface area contributed by atoms with Gasteiger partial charge in [-0.25, -0.2) is 0 Å². The highest BCUT2D eigenvalue weighted by Crippen LogP contribution is 2.28. The molecule has 1 nitrogen and oxygen atoms in total. The summed E-state index contributed by atoms with van der Waals surface area (Å²) in [6, 6.07) is 13.9. The summed E-state index contributed by atoms with van der Waals surface area (Å²) < 4.78 is 0. The summed E-state index contributed by atoms with van der Waals surface area (Å²) in [7, 11) is 0. The minimum atomic E-state index is 0.0898. The number of hydrogen-bond acceptors (Lipinski definition) is 1. The van der Waals surface area contributed by atoms with Gasteiger partial charge in [-0.05, 0) is 35.2 Å². The van der Waals surface area contributed by atoms with Gasteiger partial charge in [0.15, 0.2) is 0 Å². The number of pyridine rings is 1. The molecule has 98 valence electrons. The molecule has 1 aromatic heterocycles. The molecule has 0 spiro atoms. The van der Waals surface area contributed by atoms with Crippen molar-refractivity contribution in [1.82, 2.24) is 4.98 Å². The summed E-state index contributed by atoms with van der Waals surface area (Å²) in [4.78, 5) is 4.46. The molecule has 2 heteroatoms. The van der Waals surface area contributed by atoms with Gasteiger partial charge in [0.25, 0.3) is 0 Å². The molecule has 0 radical (unpaired) electrons. The quantitative estimate of drug-likeness (QED) is 0.730. The SMILES string of the molecule is CC(C)(C)C=C(c1ccc(Cl)cc1)c1ccccn1. The van der Waals surface area contributed by atoms with E-state index in [0.29, 0.717) is 0 Å². The Hall–Kier alpha value is -1.60. The van der Waals surface area contributed by atoms with Crippen LogP contribution in [0.1, 0.15) is 32.0 Å². The van der Waals surface area contributed by atoms with Gasteiger partial charge in [0.2, 0.25) is 0 Å². The van der Waals surface area contributed by atoms with Crippen LogP contribution in [0.3, 0.4) is 0 Å². The molecule has 0 atom stereocenters. The van der Waals surface area contributed by atoms with Crippen LogP contribution in [0.4, 0.5) is 0 Å². The van der Waals surface area contributed by atoms with Crippen molar-refractivity contribution in [3.8, 4) is 0 Å². The summed E-state index contributed by atoms with van der Waals surface area (Å²) in [6.45, 7) is 6.56. The summed E-state index contributed by atoms with van der Waals surface area (Å²) >= 11 is 5.96. The second-order valence-electron chi connectivity index (χ2n) is 5.65. The number of aromatic nitrogens is 1. The zero-order chi connectivity index (χ0) is 13.9. The highest BCUT2D eigenvalue weighted by atomic mass is 35.5. The van der Waals surface area contributed by atoms with E-state index in [1.54, 1.807) is 0 Å². The van der Waals surface area contributed by atoms with Gasteiger partial charge in [0.05, 0.1) is 5.69 Å². The maximum Gasteiger partial charge on any atom is 0.0704 e. The molecule has 0 aliphatic rings. The number of benzene rings is 1. The Bertz CT molecular complexity index is 562. The van der Waals surface area contributed by atoms with Crippen molar-refractivity contribution in [2.45, 2.75) is 20.8 Å². The van der Waals surface area contributed by atoms with Crippen molar-refractivity contribution in [2.75, 3.05) is 0 Å². The minimum absolute atomic E-state index is 0.0898. The Labute approximate surface area is 120 Å². The lowest BCUT2D eigenvalue weighted by Gasteiger charge is -2.16. The molecule has 2 rings (SSSR count).